The Kier molecular flexibility index (Phi) is 7.65. The van der Waals surface area contributed by atoms with Crippen molar-refractivity contribution >= 4 is 6.03 Å². The van der Waals surface area contributed by atoms with E-state index in [1.165, 1.54) is 0 Å². The maximum absolute atomic E-state index is 11.4. The van der Waals surface area contributed by atoms with E-state index in [2.05, 4.69) is 15.7 Å². The van der Waals surface area contributed by atoms with Crippen LogP contribution in [-0.4, -0.2) is 42.1 Å². The zero-order valence-corrected chi connectivity index (χ0v) is 11.8. The van der Waals surface area contributed by atoms with Crippen molar-refractivity contribution in [3.63, 3.8) is 0 Å². The first kappa shape index (κ1) is 15.5. The van der Waals surface area contributed by atoms with Gasteiger partial charge in [0.2, 0.25) is 0 Å². The highest BCUT2D eigenvalue weighted by atomic mass is 16.5. The number of ether oxygens (including phenoxy) is 1. The van der Waals surface area contributed by atoms with Crippen LogP contribution in [0.4, 0.5) is 4.79 Å². The Balaban J connectivity index is 1.95. The van der Waals surface area contributed by atoms with Crippen molar-refractivity contribution in [1.82, 2.24) is 20.4 Å². The van der Waals surface area contributed by atoms with Gasteiger partial charge in [0, 0.05) is 39.0 Å². The van der Waals surface area contributed by atoms with E-state index < -0.39 is 0 Å². The predicted octanol–water partition coefficient (Wildman–Crippen LogP) is 1.31. The molecule has 0 atom stereocenters. The molecule has 6 heteroatoms. The summed E-state index contributed by atoms with van der Waals surface area (Å²) >= 11 is 0. The zero-order chi connectivity index (χ0) is 13.9. The predicted molar refractivity (Wildman–Crippen MR) is 74.1 cm³/mol. The lowest BCUT2D eigenvalue weighted by Crippen LogP contribution is -2.37. The van der Waals surface area contributed by atoms with Crippen LogP contribution in [-0.2, 0) is 11.3 Å². The summed E-state index contributed by atoms with van der Waals surface area (Å²) < 4.78 is 7.07. The van der Waals surface area contributed by atoms with Crippen LogP contribution in [0.2, 0.25) is 0 Å². The van der Waals surface area contributed by atoms with Gasteiger partial charge < -0.3 is 15.4 Å². The normalized spacial score (nSPS) is 10.4. The Labute approximate surface area is 114 Å². The van der Waals surface area contributed by atoms with Crippen LogP contribution >= 0.6 is 0 Å². The molecule has 19 heavy (non-hydrogen) atoms. The Bertz CT molecular complexity index is 365. The van der Waals surface area contributed by atoms with Crippen molar-refractivity contribution in [2.24, 2.45) is 0 Å². The number of nitrogens with one attached hydrogen (secondary N) is 2. The minimum Gasteiger partial charge on any atom is -0.382 e. The van der Waals surface area contributed by atoms with Crippen LogP contribution in [0.15, 0.2) is 12.4 Å². The van der Waals surface area contributed by atoms with Crippen molar-refractivity contribution in [1.29, 1.82) is 0 Å². The van der Waals surface area contributed by atoms with Crippen LogP contribution in [0.25, 0.3) is 0 Å². The fourth-order valence-electron chi connectivity index (χ4n) is 1.62. The molecule has 2 amide bonds. The number of nitrogens with zero attached hydrogens (tertiary/aromatic N) is 2. The molecule has 6 nitrogen and oxygen atoms in total. The van der Waals surface area contributed by atoms with Crippen LogP contribution in [0, 0.1) is 6.92 Å². The van der Waals surface area contributed by atoms with E-state index >= 15 is 0 Å². The van der Waals surface area contributed by atoms with Crippen molar-refractivity contribution in [3.05, 3.63) is 18.0 Å². The van der Waals surface area contributed by atoms with E-state index in [4.69, 9.17) is 4.74 Å². The van der Waals surface area contributed by atoms with E-state index in [1.807, 2.05) is 30.9 Å². The van der Waals surface area contributed by atoms with Crippen LogP contribution in [0.3, 0.4) is 0 Å². The van der Waals surface area contributed by atoms with E-state index in [-0.39, 0.29) is 6.03 Å². The largest absolute Gasteiger partial charge is 0.382 e. The molecule has 0 radical (unpaired) electrons. The molecule has 1 aromatic heterocycles. The highest BCUT2D eigenvalue weighted by Crippen LogP contribution is 1.95. The summed E-state index contributed by atoms with van der Waals surface area (Å²) in [6, 6.07) is -0.117. The monoisotopic (exact) mass is 268 g/mol. The molecule has 0 aromatic carbocycles. The number of aromatic nitrogens is 2. The lowest BCUT2D eigenvalue weighted by Gasteiger charge is -2.07. The summed E-state index contributed by atoms with van der Waals surface area (Å²) in [4.78, 5) is 11.4. The zero-order valence-electron chi connectivity index (χ0n) is 11.8. The Morgan fingerprint density at radius 3 is 2.74 bits per heavy atom. The highest BCUT2D eigenvalue weighted by Gasteiger charge is 1.99. The summed E-state index contributed by atoms with van der Waals surface area (Å²) in [5.41, 5.74) is 1.15. The molecule has 108 valence electrons. The maximum Gasteiger partial charge on any atom is 0.314 e. The average molecular weight is 268 g/mol. The quantitative estimate of drug-likeness (QED) is 0.663. The lowest BCUT2D eigenvalue weighted by molar-refractivity contribution is 0.145. The van der Waals surface area contributed by atoms with Crippen LogP contribution < -0.4 is 10.6 Å². The highest BCUT2D eigenvalue weighted by molar-refractivity contribution is 5.73. The van der Waals surface area contributed by atoms with E-state index in [0.717, 1.165) is 31.6 Å². The molecule has 0 unspecified atom stereocenters. The van der Waals surface area contributed by atoms with Crippen LogP contribution in [0.1, 0.15) is 25.3 Å². The topological polar surface area (TPSA) is 68.2 Å². The number of carbonyl (C=O) groups excluding carboxylic acids is 1. The smallest absolute Gasteiger partial charge is 0.314 e. The first-order chi connectivity index (χ1) is 9.22. The van der Waals surface area contributed by atoms with Crippen LogP contribution in [0.5, 0.6) is 0 Å². The van der Waals surface area contributed by atoms with Crippen molar-refractivity contribution in [2.45, 2.75) is 33.2 Å². The Hall–Kier alpha value is -1.56. The first-order valence-corrected chi connectivity index (χ1v) is 6.81. The number of hydrogen-bond acceptors (Lipinski definition) is 3. The van der Waals surface area contributed by atoms with Gasteiger partial charge in [-0.2, -0.15) is 5.10 Å². The van der Waals surface area contributed by atoms with Gasteiger partial charge in [0.15, 0.2) is 0 Å². The molecule has 0 aliphatic heterocycles. The van der Waals surface area contributed by atoms with Crippen molar-refractivity contribution < 1.29 is 9.53 Å². The molecule has 2 N–H and O–H groups in total. The molecular formula is C13H24N4O2. The molecule has 0 saturated heterocycles. The minimum absolute atomic E-state index is 0.117. The van der Waals surface area contributed by atoms with Gasteiger partial charge in [-0.05, 0) is 32.3 Å². The molecule has 0 fully saturated rings. The molecule has 0 aliphatic carbocycles. The summed E-state index contributed by atoms with van der Waals surface area (Å²) in [7, 11) is 0. The van der Waals surface area contributed by atoms with Gasteiger partial charge in [0.25, 0.3) is 0 Å². The average Bonchev–Trinajstić information content (AvgIpc) is 2.80. The maximum atomic E-state index is 11.4. The fourth-order valence-corrected chi connectivity index (χ4v) is 1.62. The molecular weight excluding hydrogens is 244 g/mol. The van der Waals surface area contributed by atoms with E-state index in [1.54, 1.807) is 0 Å². The van der Waals surface area contributed by atoms with Gasteiger partial charge >= 0.3 is 6.03 Å². The van der Waals surface area contributed by atoms with E-state index in [0.29, 0.717) is 19.7 Å². The number of aryl methyl sites for hydroxylation is 2. The standard InChI is InChI=1S/C13H24N4O2/c1-3-19-9-5-7-15-13(18)14-6-4-8-17-11-12(2)10-16-17/h10-11H,3-9H2,1-2H3,(H2,14,15,18). The third-order valence-corrected chi connectivity index (χ3v) is 2.57. The number of rotatable bonds is 9. The second kappa shape index (κ2) is 9.38. The molecule has 1 heterocycles. The number of hydrogen-bond donors (Lipinski definition) is 2. The fraction of sp³-hybridized carbons (Fsp3) is 0.692. The molecule has 1 aromatic rings. The second-order valence-electron chi connectivity index (χ2n) is 4.37. The molecule has 0 aliphatic rings. The third-order valence-electron chi connectivity index (χ3n) is 2.57. The Morgan fingerprint density at radius 1 is 1.37 bits per heavy atom. The lowest BCUT2D eigenvalue weighted by atomic mass is 10.4. The second-order valence-corrected chi connectivity index (χ2v) is 4.37. The Morgan fingerprint density at radius 2 is 2.11 bits per heavy atom. The third kappa shape index (κ3) is 7.46. The summed E-state index contributed by atoms with van der Waals surface area (Å²) in [5, 5.41) is 9.80. The summed E-state index contributed by atoms with van der Waals surface area (Å²) in [5.74, 6) is 0. The van der Waals surface area contributed by atoms with Gasteiger partial charge in [-0.15, -0.1) is 0 Å². The van der Waals surface area contributed by atoms with E-state index in [9.17, 15) is 4.79 Å². The first-order valence-electron chi connectivity index (χ1n) is 6.81. The summed E-state index contributed by atoms with van der Waals surface area (Å²) in [6.07, 6.45) is 5.54. The molecule has 1 rings (SSSR count). The van der Waals surface area contributed by atoms with Gasteiger partial charge in [-0.1, -0.05) is 0 Å². The molecule has 0 saturated carbocycles. The molecule has 0 bridgehead atoms. The summed E-state index contributed by atoms with van der Waals surface area (Å²) in [6.45, 7) is 7.49. The van der Waals surface area contributed by atoms with Gasteiger partial charge in [0.05, 0.1) is 6.20 Å². The van der Waals surface area contributed by atoms with Crippen molar-refractivity contribution in [3.8, 4) is 0 Å². The molecule has 0 spiro atoms. The number of urea groups is 1. The van der Waals surface area contributed by atoms with Gasteiger partial charge in [-0.25, -0.2) is 4.79 Å². The van der Waals surface area contributed by atoms with Gasteiger partial charge in [-0.3, -0.25) is 4.68 Å². The van der Waals surface area contributed by atoms with Crippen molar-refractivity contribution in [2.75, 3.05) is 26.3 Å². The van der Waals surface area contributed by atoms with Gasteiger partial charge in [0.1, 0.15) is 0 Å². The number of amides is 2. The number of carbonyl (C=O) groups is 1. The SMILES string of the molecule is CCOCCCNC(=O)NCCCn1cc(C)cn1. The minimum atomic E-state index is -0.117.